The topological polar surface area (TPSA) is 42.2 Å². The molecule has 0 radical (unpaired) electrons. The number of rotatable bonds is 2. The third-order valence-corrected chi connectivity index (χ3v) is 2.48. The average molecular weight is 290 g/mol. The van der Waals surface area contributed by atoms with Crippen LogP contribution in [0.5, 0.6) is 0 Å². The number of para-hydroxylation sites is 1. The van der Waals surface area contributed by atoms with E-state index in [1.807, 2.05) is 0 Å². The number of furan rings is 1. The van der Waals surface area contributed by atoms with Crippen molar-refractivity contribution >= 4 is 23.2 Å². The fourth-order valence-corrected chi connectivity index (χ4v) is 1.61. The van der Waals surface area contributed by atoms with Crippen molar-refractivity contribution < 1.29 is 22.4 Å². The number of carbonyl (C=O) groups excluding carboxylic acids is 1. The van der Waals surface area contributed by atoms with Gasteiger partial charge >= 0.3 is 6.18 Å². The van der Waals surface area contributed by atoms with Crippen molar-refractivity contribution in [1.29, 1.82) is 0 Å². The number of carbonyl (C=O) groups is 1. The summed E-state index contributed by atoms with van der Waals surface area (Å²) in [5.74, 6) is -0.967. The van der Waals surface area contributed by atoms with Gasteiger partial charge in [-0.2, -0.15) is 13.2 Å². The minimum atomic E-state index is -4.55. The largest absolute Gasteiger partial charge is 0.440 e. The second kappa shape index (κ2) is 4.97. The second-order valence-corrected chi connectivity index (χ2v) is 3.97. The Morgan fingerprint density at radius 3 is 2.42 bits per heavy atom. The Kier molecular flexibility index (Phi) is 3.53. The Morgan fingerprint density at radius 2 is 1.84 bits per heavy atom. The fourth-order valence-electron chi connectivity index (χ4n) is 1.46. The molecule has 1 amide bonds. The minimum absolute atomic E-state index is 0.0192. The lowest BCUT2D eigenvalue weighted by Crippen LogP contribution is -2.16. The lowest BCUT2D eigenvalue weighted by atomic mass is 10.1. The fraction of sp³-hybridized carbons (Fsp3) is 0.0833. The first kappa shape index (κ1) is 13.5. The number of halogens is 4. The van der Waals surface area contributed by atoms with Gasteiger partial charge in [-0.05, 0) is 35.9 Å². The Balaban J connectivity index is 2.27. The molecule has 0 unspecified atom stereocenters. The number of nitrogens with one attached hydrogen (secondary N) is 1. The number of amides is 1. The molecule has 1 aromatic carbocycles. The van der Waals surface area contributed by atoms with Crippen LogP contribution in [0.4, 0.5) is 18.9 Å². The van der Waals surface area contributed by atoms with Gasteiger partial charge in [0, 0.05) is 0 Å². The summed E-state index contributed by atoms with van der Waals surface area (Å²) < 4.78 is 42.9. The van der Waals surface area contributed by atoms with E-state index in [0.717, 1.165) is 12.1 Å². The van der Waals surface area contributed by atoms with Gasteiger partial charge < -0.3 is 9.73 Å². The van der Waals surface area contributed by atoms with E-state index in [0.29, 0.717) is 0 Å². The number of anilines is 1. The molecule has 0 aliphatic carbocycles. The van der Waals surface area contributed by atoms with Gasteiger partial charge in [0.05, 0.1) is 11.3 Å². The van der Waals surface area contributed by atoms with Gasteiger partial charge in [0.25, 0.3) is 5.91 Å². The maximum atomic E-state index is 12.7. The van der Waals surface area contributed by atoms with Crippen LogP contribution in [-0.4, -0.2) is 5.91 Å². The highest BCUT2D eigenvalue weighted by atomic mass is 35.5. The molecule has 3 nitrogen and oxygen atoms in total. The first-order valence-electron chi connectivity index (χ1n) is 5.11. The number of hydrogen-bond acceptors (Lipinski definition) is 2. The molecule has 19 heavy (non-hydrogen) atoms. The third kappa shape index (κ3) is 3.08. The second-order valence-electron chi connectivity index (χ2n) is 3.60. The Labute approximate surface area is 111 Å². The lowest BCUT2D eigenvalue weighted by molar-refractivity contribution is -0.136. The van der Waals surface area contributed by atoms with Gasteiger partial charge in [-0.1, -0.05) is 12.1 Å². The summed E-state index contributed by atoms with van der Waals surface area (Å²) in [4.78, 5) is 11.7. The molecular weight excluding hydrogens is 283 g/mol. The average Bonchev–Trinajstić information content (AvgIpc) is 2.75. The smallest absolute Gasteiger partial charge is 0.418 e. The van der Waals surface area contributed by atoms with Gasteiger partial charge in [-0.3, -0.25) is 4.79 Å². The summed E-state index contributed by atoms with van der Waals surface area (Å²) in [7, 11) is 0. The first-order valence-corrected chi connectivity index (χ1v) is 5.48. The van der Waals surface area contributed by atoms with Gasteiger partial charge in [-0.25, -0.2) is 0 Å². The highest BCUT2D eigenvalue weighted by molar-refractivity contribution is 6.29. The summed E-state index contributed by atoms with van der Waals surface area (Å²) in [6.07, 6.45) is -4.55. The molecule has 1 aromatic heterocycles. The molecule has 0 bridgehead atoms. The molecular formula is C12H7ClF3NO2. The summed E-state index contributed by atoms with van der Waals surface area (Å²) in [5.41, 5.74) is -1.27. The molecule has 100 valence electrons. The molecule has 0 saturated carbocycles. The van der Waals surface area contributed by atoms with Crippen LogP contribution in [-0.2, 0) is 6.18 Å². The van der Waals surface area contributed by atoms with Gasteiger partial charge in [-0.15, -0.1) is 0 Å². The van der Waals surface area contributed by atoms with E-state index in [4.69, 9.17) is 16.0 Å². The van der Waals surface area contributed by atoms with E-state index in [1.165, 1.54) is 24.3 Å². The highest BCUT2D eigenvalue weighted by Gasteiger charge is 2.33. The van der Waals surface area contributed by atoms with Gasteiger partial charge in [0.1, 0.15) is 0 Å². The summed E-state index contributed by atoms with van der Waals surface area (Å²) >= 11 is 5.48. The Hall–Kier alpha value is -1.95. The number of benzene rings is 1. The molecule has 0 aliphatic heterocycles. The molecule has 2 aromatic rings. The zero-order valence-corrected chi connectivity index (χ0v) is 10.0. The van der Waals surface area contributed by atoms with Crippen molar-refractivity contribution in [3.63, 3.8) is 0 Å². The van der Waals surface area contributed by atoms with E-state index in [2.05, 4.69) is 5.32 Å². The molecule has 1 N–H and O–H groups in total. The van der Waals surface area contributed by atoms with Crippen molar-refractivity contribution in [3.05, 3.63) is 52.9 Å². The van der Waals surface area contributed by atoms with E-state index in [-0.39, 0.29) is 16.7 Å². The van der Waals surface area contributed by atoms with Crippen LogP contribution in [0.1, 0.15) is 16.1 Å². The number of alkyl halides is 3. The maximum Gasteiger partial charge on any atom is 0.418 e. The van der Waals surface area contributed by atoms with Gasteiger partial charge in [0.2, 0.25) is 0 Å². The molecule has 0 fully saturated rings. The van der Waals surface area contributed by atoms with E-state index in [1.54, 1.807) is 0 Å². The van der Waals surface area contributed by atoms with Crippen LogP contribution in [0, 0.1) is 0 Å². The predicted molar refractivity (Wildman–Crippen MR) is 63.1 cm³/mol. The quantitative estimate of drug-likeness (QED) is 0.900. The lowest BCUT2D eigenvalue weighted by Gasteiger charge is -2.12. The van der Waals surface area contributed by atoms with Crippen LogP contribution in [0.3, 0.4) is 0 Å². The molecule has 2 rings (SSSR count). The molecule has 7 heteroatoms. The van der Waals surface area contributed by atoms with E-state index < -0.39 is 17.6 Å². The Bertz CT molecular complexity index is 607. The van der Waals surface area contributed by atoms with E-state index >= 15 is 0 Å². The molecule has 0 aliphatic rings. The van der Waals surface area contributed by atoms with Crippen LogP contribution in [0.15, 0.2) is 40.8 Å². The van der Waals surface area contributed by atoms with Crippen LogP contribution in [0.2, 0.25) is 5.22 Å². The monoisotopic (exact) mass is 289 g/mol. The highest BCUT2D eigenvalue weighted by Crippen LogP contribution is 2.34. The van der Waals surface area contributed by atoms with Crippen LogP contribution >= 0.6 is 11.6 Å². The molecule has 0 saturated heterocycles. The van der Waals surface area contributed by atoms with Crippen molar-refractivity contribution in [3.8, 4) is 0 Å². The SMILES string of the molecule is O=C(Nc1ccccc1C(F)(F)F)c1ccc(Cl)o1. The van der Waals surface area contributed by atoms with Crippen LogP contribution in [0.25, 0.3) is 0 Å². The summed E-state index contributed by atoms with van der Waals surface area (Å²) in [6.45, 7) is 0. The van der Waals surface area contributed by atoms with Crippen molar-refractivity contribution in [2.45, 2.75) is 6.18 Å². The minimum Gasteiger partial charge on any atom is -0.440 e. The zero-order chi connectivity index (χ0) is 14.0. The summed E-state index contributed by atoms with van der Waals surface area (Å²) in [6, 6.07) is 7.26. The summed E-state index contributed by atoms with van der Waals surface area (Å²) in [5, 5.41) is 2.12. The Morgan fingerprint density at radius 1 is 1.16 bits per heavy atom. The third-order valence-electron chi connectivity index (χ3n) is 2.28. The molecule has 1 heterocycles. The normalized spacial score (nSPS) is 11.4. The standard InChI is InChI=1S/C12H7ClF3NO2/c13-10-6-5-9(19-10)11(18)17-8-4-2-1-3-7(8)12(14,15)16/h1-6H,(H,17,18). The van der Waals surface area contributed by atoms with Crippen LogP contribution < -0.4 is 5.32 Å². The van der Waals surface area contributed by atoms with Crippen molar-refractivity contribution in [2.75, 3.05) is 5.32 Å². The van der Waals surface area contributed by atoms with E-state index in [9.17, 15) is 18.0 Å². The van der Waals surface area contributed by atoms with Gasteiger partial charge in [0.15, 0.2) is 11.0 Å². The molecule has 0 spiro atoms. The first-order chi connectivity index (χ1) is 8.88. The number of hydrogen-bond donors (Lipinski definition) is 1. The predicted octanol–water partition coefficient (Wildman–Crippen LogP) is 4.20. The maximum absolute atomic E-state index is 12.7. The molecule has 0 atom stereocenters. The van der Waals surface area contributed by atoms with Crippen molar-refractivity contribution in [1.82, 2.24) is 0 Å². The van der Waals surface area contributed by atoms with Crippen molar-refractivity contribution in [2.24, 2.45) is 0 Å². The zero-order valence-electron chi connectivity index (χ0n) is 9.29.